The van der Waals surface area contributed by atoms with Gasteiger partial charge < -0.3 is 9.84 Å². The molecule has 2 aliphatic carbocycles. The van der Waals surface area contributed by atoms with Crippen LogP contribution in [0.4, 0.5) is 0 Å². The van der Waals surface area contributed by atoms with E-state index >= 15 is 0 Å². The van der Waals surface area contributed by atoms with Crippen LogP contribution in [0.1, 0.15) is 58.9 Å². The Labute approximate surface area is 206 Å². The molecule has 11 atom stereocenters. The first kappa shape index (κ1) is 23.1. The van der Waals surface area contributed by atoms with E-state index in [1.165, 1.54) is 0 Å². The average Bonchev–Trinajstić information content (AvgIpc) is 3.15. The molecule has 6 heteroatoms. The van der Waals surface area contributed by atoms with Crippen LogP contribution in [0.2, 0.25) is 0 Å². The van der Waals surface area contributed by atoms with Crippen molar-refractivity contribution in [3.05, 3.63) is 47.5 Å². The van der Waals surface area contributed by atoms with Crippen molar-refractivity contribution < 1.29 is 24.2 Å². The van der Waals surface area contributed by atoms with Crippen molar-refractivity contribution in [3.8, 4) is 0 Å². The van der Waals surface area contributed by atoms with Crippen LogP contribution in [-0.2, 0) is 19.1 Å². The van der Waals surface area contributed by atoms with Crippen molar-refractivity contribution in [1.82, 2.24) is 5.32 Å². The first-order valence-corrected chi connectivity index (χ1v) is 13.0. The molecule has 5 aliphatic rings. The maximum atomic E-state index is 14.7. The molecule has 3 saturated heterocycles. The fraction of sp³-hybridized carbons (Fsp3) is 0.621. The van der Waals surface area contributed by atoms with Crippen molar-refractivity contribution in [2.75, 3.05) is 0 Å². The lowest BCUT2D eigenvalue weighted by Gasteiger charge is -2.53. The number of nitrogens with one attached hydrogen (secondary N) is 1. The van der Waals surface area contributed by atoms with E-state index in [0.717, 1.165) is 24.0 Å². The Morgan fingerprint density at radius 2 is 1.74 bits per heavy atom. The van der Waals surface area contributed by atoms with Gasteiger partial charge in [-0.15, -0.1) is 0 Å². The number of amides is 2. The second-order valence-corrected chi connectivity index (χ2v) is 12.3. The quantitative estimate of drug-likeness (QED) is 0.366. The molecule has 186 valence electrons. The van der Waals surface area contributed by atoms with Gasteiger partial charge in [0.2, 0.25) is 11.8 Å². The molecular formula is C29H35NO5. The van der Waals surface area contributed by atoms with Crippen molar-refractivity contribution in [2.45, 2.75) is 64.8 Å². The smallest absolute Gasteiger partial charge is 0.241 e. The molecule has 1 aromatic carbocycles. The van der Waals surface area contributed by atoms with Crippen LogP contribution < -0.4 is 5.32 Å². The van der Waals surface area contributed by atoms with Crippen LogP contribution >= 0.6 is 0 Å². The summed E-state index contributed by atoms with van der Waals surface area (Å²) < 4.78 is 6.48. The molecule has 1 saturated carbocycles. The van der Waals surface area contributed by atoms with Crippen LogP contribution in [0.3, 0.4) is 0 Å². The minimum Gasteiger partial charge on any atom is -0.365 e. The fourth-order valence-electron chi connectivity index (χ4n) is 9.07. The number of hydrogen-bond donors (Lipinski definition) is 2. The molecule has 3 aliphatic heterocycles. The summed E-state index contributed by atoms with van der Waals surface area (Å²) in [5, 5.41) is 14.6. The highest BCUT2D eigenvalue weighted by Crippen LogP contribution is 2.71. The standard InChI is InChI=1S/C29H35NO5/c1-14-11-16(3)29(34)23-22(27(5,13-14)35-29)19-12-15(2)17(4)21-20(18-9-7-6-8-10-18)25(32)30-26(33)28(19,21)24(23)31/h6-10,12,14,16-17,19-23,34H,11,13H2,1-5H3,(H,30,32,33)/t14-,16+,17-,19-,20+,21+,22-,23-,27+,28+,29-/m1/s1. The highest BCUT2D eigenvalue weighted by molar-refractivity contribution is 6.17. The van der Waals surface area contributed by atoms with Crippen LogP contribution in [0.25, 0.3) is 0 Å². The Hall–Kier alpha value is -2.31. The number of piperidine rings is 1. The Balaban J connectivity index is 1.61. The lowest BCUT2D eigenvalue weighted by molar-refractivity contribution is -0.256. The highest BCUT2D eigenvalue weighted by atomic mass is 16.6. The molecule has 35 heavy (non-hydrogen) atoms. The van der Waals surface area contributed by atoms with Gasteiger partial charge in [0, 0.05) is 23.7 Å². The number of allylic oxidation sites excluding steroid dienone is 2. The van der Waals surface area contributed by atoms with Gasteiger partial charge in [-0.3, -0.25) is 19.7 Å². The summed E-state index contributed by atoms with van der Waals surface area (Å²) in [6.45, 7) is 10.2. The van der Waals surface area contributed by atoms with E-state index in [4.69, 9.17) is 4.74 Å². The Morgan fingerprint density at radius 3 is 2.43 bits per heavy atom. The summed E-state index contributed by atoms with van der Waals surface area (Å²) in [5.74, 6) is -5.47. The summed E-state index contributed by atoms with van der Waals surface area (Å²) in [4.78, 5) is 42.1. The monoisotopic (exact) mass is 477 g/mol. The number of benzene rings is 1. The normalized spacial score (nSPS) is 50.6. The second-order valence-electron chi connectivity index (χ2n) is 12.3. The number of hydrogen-bond acceptors (Lipinski definition) is 5. The molecule has 4 fully saturated rings. The second kappa shape index (κ2) is 7.13. The molecule has 2 amide bonds. The SMILES string of the molecule is CC1=C[C@@H]2[C@@H]3[C@H](C(=O)[C@]24C(=O)NC(=O)[C@@H](c2ccccc2)[C@@H]4[C@@H]1C)[C@]1(O)O[C@@]3(C)C[C@H](C)C[C@@H]1C. The number of carbonyl (C=O) groups excluding carboxylic acids is 3. The predicted octanol–water partition coefficient (Wildman–Crippen LogP) is 3.60. The van der Waals surface area contributed by atoms with Gasteiger partial charge in [0.15, 0.2) is 11.6 Å². The minimum atomic E-state index is -1.62. The maximum absolute atomic E-state index is 14.7. The van der Waals surface area contributed by atoms with Gasteiger partial charge in [0.25, 0.3) is 0 Å². The molecule has 2 N–H and O–H groups in total. The lowest BCUT2D eigenvalue weighted by Crippen LogP contribution is -2.66. The molecule has 0 unspecified atom stereocenters. The molecular weight excluding hydrogens is 442 g/mol. The van der Waals surface area contributed by atoms with Gasteiger partial charge in [0.05, 0.1) is 17.4 Å². The van der Waals surface area contributed by atoms with E-state index < -0.39 is 46.4 Å². The van der Waals surface area contributed by atoms with E-state index in [9.17, 15) is 19.5 Å². The van der Waals surface area contributed by atoms with E-state index in [1.807, 2.05) is 58.0 Å². The van der Waals surface area contributed by atoms with E-state index in [0.29, 0.717) is 5.92 Å². The number of aliphatic hydroxyl groups is 1. The predicted molar refractivity (Wildman–Crippen MR) is 129 cm³/mol. The van der Waals surface area contributed by atoms with Crippen molar-refractivity contribution in [1.29, 1.82) is 0 Å². The largest absolute Gasteiger partial charge is 0.365 e. The van der Waals surface area contributed by atoms with Gasteiger partial charge in [-0.25, -0.2) is 0 Å². The van der Waals surface area contributed by atoms with Crippen LogP contribution in [-0.4, -0.2) is 34.1 Å². The third kappa shape index (κ3) is 2.65. The third-order valence-corrected chi connectivity index (χ3v) is 10.4. The number of ketones is 1. The summed E-state index contributed by atoms with van der Waals surface area (Å²) in [7, 11) is 0. The Kier molecular flexibility index (Phi) is 4.71. The van der Waals surface area contributed by atoms with Crippen molar-refractivity contribution in [2.24, 2.45) is 46.8 Å². The number of imide groups is 1. The molecule has 0 radical (unpaired) electrons. The van der Waals surface area contributed by atoms with Gasteiger partial charge in [-0.1, -0.05) is 62.8 Å². The van der Waals surface area contributed by atoms with Gasteiger partial charge in [-0.05, 0) is 44.1 Å². The third-order valence-electron chi connectivity index (χ3n) is 10.4. The number of Topliss-reactive ketones (excluding diaryl/α,β-unsaturated/α-hetero) is 1. The number of ether oxygens (including phenoxy) is 1. The number of fused-ring (bicyclic) bond motifs is 6. The molecule has 6 nitrogen and oxygen atoms in total. The topological polar surface area (TPSA) is 92.7 Å². The first-order valence-electron chi connectivity index (χ1n) is 13.0. The van der Waals surface area contributed by atoms with Gasteiger partial charge in [0.1, 0.15) is 5.41 Å². The Morgan fingerprint density at radius 1 is 1.06 bits per heavy atom. The molecule has 0 aromatic heterocycles. The molecule has 2 bridgehead atoms. The summed E-state index contributed by atoms with van der Waals surface area (Å²) in [6.07, 6.45) is 3.58. The highest BCUT2D eigenvalue weighted by Gasteiger charge is 2.81. The fourth-order valence-corrected chi connectivity index (χ4v) is 9.07. The van der Waals surface area contributed by atoms with Crippen molar-refractivity contribution in [3.63, 3.8) is 0 Å². The van der Waals surface area contributed by atoms with Crippen LogP contribution in [0.15, 0.2) is 42.0 Å². The number of rotatable bonds is 1. The summed E-state index contributed by atoms with van der Waals surface area (Å²) in [5.41, 5.74) is -0.245. The summed E-state index contributed by atoms with van der Waals surface area (Å²) >= 11 is 0. The maximum Gasteiger partial charge on any atom is 0.241 e. The zero-order valence-electron chi connectivity index (χ0n) is 21.1. The van der Waals surface area contributed by atoms with E-state index in [2.05, 4.69) is 18.3 Å². The zero-order chi connectivity index (χ0) is 25.1. The molecule has 6 rings (SSSR count). The van der Waals surface area contributed by atoms with Crippen LogP contribution in [0, 0.1) is 46.8 Å². The zero-order valence-corrected chi connectivity index (χ0v) is 21.1. The molecule has 3 heterocycles. The van der Waals surface area contributed by atoms with Crippen LogP contribution in [0.5, 0.6) is 0 Å². The number of carbonyl (C=O) groups is 3. The van der Waals surface area contributed by atoms with E-state index in [1.54, 1.807) is 0 Å². The summed E-state index contributed by atoms with van der Waals surface area (Å²) in [6, 6.07) is 9.49. The van der Waals surface area contributed by atoms with Gasteiger partial charge in [-0.2, -0.15) is 0 Å². The van der Waals surface area contributed by atoms with Gasteiger partial charge >= 0.3 is 0 Å². The average molecular weight is 478 g/mol. The minimum absolute atomic E-state index is 0.143. The molecule has 1 spiro atoms. The first-order chi connectivity index (χ1) is 16.5. The molecule has 1 aromatic rings. The van der Waals surface area contributed by atoms with E-state index in [-0.39, 0.29) is 29.4 Å². The Bertz CT molecular complexity index is 1160. The van der Waals surface area contributed by atoms with Crippen molar-refractivity contribution >= 4 is 17.6 Å². The lowest BCUT2D eigenvalue weighted by atomic mass is 9.50.